The van der Waals surface area contributed by atoms with E-state index in [2.05, 4.69) is 0 Å². The first-order valence-corrected chi connectivity index (χ1v) is 6.88. The largest absolute Gasteiger partial charge is 0.508 e. The van der Waals surface area contributed by atoms with Crippen LogP contribution in [0, 0.1) is 0 Å². The number of carboxylic acid groups (broad SMARTS) is 1. The number of fused-ring (bicyclic) bond motifs is 1. The van der Waals surface area contributed by atoms with Gasteiger partial charge in [-0.3, -0.25) is 4.79 Å². The minimum atomic E-state index is -1.16. The van der Waals surface area contributed by atoms with Gasteiger partial charge >= 0.3 is 11.9 Å². The van der Waals surface area contributed by atoms with Crippen molar-refractivity contribution in [2.45, 2.75) is 31.2 Å². The number of benzene rings is 1. The van der Waals surface area contributed by atoms with Crippen LogP contribution in [-0.2, 0) is 20.7 Å². The minimum absolute atomic E-state index is 0.0252. The van der Waals surface area contributed by atoms with Gasteiger partial charge in [0.1, 0.15) is 29.5 Å². The third-order valence-corrected chi connectivity index (χ3v) is 3.79. The molecule has 0 bridgehead atoms. The minimum Gasteiger partial charge on any atom is -0.508 e. The number of aliphatic carboxylic acids is 1. The molecule has 1 aromatic carbocycles. The molecule has 2 aliphatic rings. The molecule has 3 rings (SSSR count). The third kappa shape index (κ3) is 2.80. The van der Waals surface area contributed by atoms with Gasteiger partial charge in [-0.1, -0.05) is 0 Å². The lowest BCUT2D eigenvalue weighted by atomic mass is 9.91. The number of cyclic esters (lactones) is 1. The number of aromatic hydroxyl groups is 2. The second-order valence-corrected chi connectivity index (χ2v) is 5.42. The SMILES string of the molecule is O=C(O)CC1OC(=O)C=C1C1Oc2cc(O)cc(O)c2CC1O. The molecule has 8 heteroatoms. The number of hydrogen-bond acceptors (Lipinski definition) is 7. The maximum absolute atomic E-state index is 11.4. The fourth-order valence-corrected chi connectivity index (χ4v) is 2.80. The Balaban J connectivity index is 1.92. The van der Waals surface area contributed by atoms with Crippen molar-refractivity contribution in [1.29, 1.82) is 0 Å². The Morgan fingerprint density at radius 3 is 2.70 bits per heavy atom. The van der Waals surface area contributed by atoms with Gasteiger partial charge in [0.15, 0.2) is 0 Å². The fourth-order valence-electron chi connectivity index (χ4n) is 2.80. The molecule has 0 amide bonds. The van der Waals surface area contributed by atoms with E-state index in [0.717, 1.165) is 12.1 Å². The molecule has 8 nitrogen and oxygen atoms in total. The number of phenols is 2. The van der Waals surface area contributed by atoms with Crippen LogP contribution in [0.1, 0.15) is 12.0 Å². The van der Waals surface area contributed by atoms with E-state index in [1.165, 1.54) is 6.07 Å². The van der Waals surface area contributed by atoms with Crippen LogP contribution in [0.3, 0.4) is 0 Å². The molecule has 0 radical (unpaired) electrons. The van der Waals surface area contributed by atoms with Gasteiger partial charge in [-0.25, -0.2) is 4.79 Å². The van der Waals surface area contributed by atoms with E-state index in [-0.39, 0.29) is 29.2 Å². The van der Waals surface area contributed by atoms with Crippen LogP contribution < -0.4 is 4.74 Å². The summed E-state index contributed by atoms with van der Waals surface area (Å²) in [6.45, 7) is 0. The van der Waals surface area contributed by atoms with Gasteiger partial charge in [0.05, 0.1) is 12.5 Å². The number of esters is 1. The van der Waals surface area contributed by atoms with E-state index in [1.807, 2.05) is 0 Å². The smallest absolute Gasteiger partial charge is 0.331 e. The molecule has 1 aromatic rings. The molecule has 3 atom stereocenters. The van der Waals surface area contributed by atoms with Gasteiger partial charge in [-0.15, -0.1) is 0 Å². The van der Waals surface area contributed by atoms with Crippen molar-refractivity contribution in [3.05, 3.63) is 29.3 Å². The summed E-state index contributed by atoms with van der Waals surface area (Å²) in [5, 5.41) is 38.5. The summed E-state index contributed by atoms with van der Waals surface area (Å²) in [6.07, 6.45) is -2.43. The number of rotatable bonds is 3. The molecular weight excluding hydrogens is 308 g/mol. The summed E-state index contributed by atoms with van der Waals surface area (Å²) in [7, 11) is 0. The average molecular weight is 322 g/mol. The van der Waals surface area contributed by atoms with Crippen LogP contribution in [0.15, 0.2) is 23.8 Å². The zero-order valence-electron chi connectivity index (χ0n) is 11.8. The summed E-state index contributed by atoms with van der Waals surface area (Å²) in [5.41, 5.74) is 0.547. The molecule has 0 fully saturated rings. The second kappa shape index (κ2) is 5.47. The van der Waals surface area contributed by atoms with Crippen LogP contribution in [0.25, 0.3) is 0 Å². The maximum atomic E-state index is 11.4. The van der Waals surface area contributed by atoms with Crippen LogP contribution in [0.2, 0.25) is 0 Å². The fraction of sp³-hybridized carbons (Fsp3) is 0.333. The highest BCUT2D eigenvalue weighted by Crippen LogP contribution is 2.40. The first kappa shape index (κ1) is 15.2. The Labute approximate surface area is 130 Å². The zero-order chi connectivity index (χ0) is 16.7. The highest BCUT2D eigenvalue weighted by atomic mass is 16.6. The van der Waals surface area contributed by atoms with Crippen molar-refractivity contribution < 1.29 is 39.5 Å². The van der Waals surface area contributed by atoms with Crippen molar-refractivity contribution >= 4 is 11.9 Å². The molecule has 4 N–H and O–H groups in total. The number of carbonyl (C=O) groups excluding carboxylic acids is 1. The van der Waals surface area contributed by atoms with Crippen molar-refractivity contribution in [3.63, 3.8) is 0 Å². The van der Waals surface area contributed by atoms with Crippen LogP contribution >= 0.6 is 0 Å². The molecule has 122 valence electrons. The van der Waals surface area contributed by atoms with Gasteiger partial charge < -0.3 is 29.9 Å². The maximum Gasteiger partial charge on any atom is 0.331 e. The number of aliphatic hydroxyl groups excluding tert-OH is 1. The van der Waals surface area contributed by atoms with E-state index in [1.54, 1.807) is 0 Å². The van der Waals surface area contributed by atoms with E-state index in [4.69, 9.17) is 14.6 Å². The molecular formula is C15H14O8. The van der Waals surface area contributed by atoms with E-state index >= 15 is 0 Å². The average Bonchev–Trinajstić information content (AvgIpc) is 2.78. The summed E-state index contributed by atoms with van der Waals surface area (Å²) in [6, 6.07) is 2.41. The van der Waals surface area contributed by atoms with Crippen LogP contribution in [0.5, 0.6) is 17.2 Å². The Hall–Kier alpha value is -2.74. The lowest BCUT2D eigenvalue weighted by molar-refractivity contribution is -0.144. The van der Waals surface area contributed by atoms with Gasteiger partial charge in [0.2, 0.25) is 0 Å². The normalized spacial score (nSPS) is 26.0. The molecule has 2 aliphatic heterocycles. The Kier molecular flexibility index (Phi) is 3.61. The molecule has 0 aliphatic carbocycles. The predicted octanol–water partition coefficient (Wildman–Crippen LogP) is 0.0887. The summed E-state index contributed by atoms with van der Waals surface area (Å²) >= 11 is 0. The van der Waals surface area contributed by atoms with E-state index < -0.39 is 36.7 Å². The standard InChI is InChI=1S/C15H14O8/c16-6-1-9(17)7-3-10(18)15(23-11(7)2-6)8-4-14(21)22-12(8)5-13(19)20/h1-2,4,10,12,15-18H,3,5H2,(H,19,20). The number of phenolic OH excluding ortho intramolecular Hbond substituents is 2. The molecule has 0 saturated heterocycles. The van der Waals surface area contributed by atoms with Gasteiger partial charge in [-0.05, 0) is 0 Å². The molecule has 23 heavy (non-hydrogen) atoms. The third-order valence-electron chi connectivity index (χ3n) is 3.79. The van der Waals surface area contributed by atoms with Crippen molar-refractivity contribution in [2.24, 2.45) is 0 Å². The van der Waals surface area contributed by atoms with Crippen molar-refractivity contribution in [1.82, 2.24) is 0 Å². The Bertz CT molecular complexity index is 708. The molecule has 3 unspecified atom stereocenters. The number of carbonyl (C=O) groups is 2. The quantitative estimate of drug-likeness (QED) is 0.575. The molecule has 0 spiro atoms. The Morgan fingerprint density at radius 2 is 2.00 bits per heavy atom. The lowest BCUT2D eigenvalue weighted by Crippen LogP contribution is -2.41. The van der Waals surface area contributed by atoms with E-state index in [0.29, 0.717) is 5.56 Å². The van der Waals surface area contributed by atoms with Gasteiger partial charge in [-0.2, -0.15) is 0 Å². The van der Waals surface area contributed by atoms with Crippen molar-refractivity contribution in [3.8, 4) is 17.2 Å². The van der Waals surface area contributed by atoms with Crippen LogP contribution in [-0.4, -0.2) is 50.7 Å². The summed E-state index contributed by atoms with van der Waals surface area (Å²) < 4.78 is 10.5. The molecule has 0 aromatic heterocycles. The number of carboxylic acids is 1. The molecule has 2 heterocycles. The summed E-state index contributed by atoms with van der Waals surface area (Å²) in [4.78, 5) is 22.3. The molecule has 0 saturated carbocycles. The monoisotopic (exact) mass is 322 g/mol. The van der Waals surface area contributed by atoms with Gasteiger partial charge in [0.25, 0.3) is 0 Å². The first-order valence-electron chi connectivity index (χ1n) is 6.88. The number of ether oxygens (including phenoxy) is 2. The lowest BCUT2D eigenvalue weighted by Gasteiger charge is -2.33. The van der Waals surface area contributed by atoms with Crippen molar-refractivity contribution in [2.75, 3.05) is 0 Å². The van der Waals surface area contributed by atoms with Crippen LogP contribution in [0.4, 0.5) is 0 Å². The highest BCUT2D eigenvalue weighted by Gasteiger charge is 2.41. The Morgan fingerprint density at radius 1 is 1.26 bits per heavy atom. The zero-order valence-corrected chi connectivity index (χ0v) is 11.8. The topological polar surface area (TPSA) is 134 Å². The van der Waals surface area contributed by atoms with Gasteiger partial charge in [0, 0.05) is 35.8 Å². The van der Waals surface area contributed by atoms with E-state index in [9.17, 15) is 24.9 Å². The number of hydrogen-bond donors (Lipinski definition) is 4. The highest BCUT2D eigenvalue weighted by molar-refractivity contribution is 5.87. The predicted molar refractivity (Wildman–Crippen MR) is 74.1 cm³/mol. The number of aliphatic hydroxyl groups is 1. The summed E-state index contributed by atoms with van der Waals surface area (Å²) in [5.74, 6) is -2.13. The second-order valence-electron chi connectivity index (χ2n) is 5.42. The first-order chi connectivity index (χ1) is 10.8.